The van der Waals surface area contributed by atoms with E-state index in [-0.39, 0.29) is 23.5 Å². The van der Waals surface area contributed by atoms with Gasteiger partial charge in [-0.05, 0) is 37.1 Å². The lowest BCUT2D eigenvalue weighted by molar-refractivity contribution is -0.0942. The van der Waals surface area contributed by atoms with E-state index in [4.69, 9.17) is 4.74 Å². The zero-order chi connectivity index (χ0) is 14.2. The van der Waals surface area contributed by atoms with Crippen LogP contribution in [0.2, 0.25) is 0 Å². The highest BCUT2D eigenvalue weighted by molar-refractivity contribution is 9.10. The summed E-state index contributed by atoms with van der Waals surface area (Å²) in [6.45, 7) is 6.24. The highest BCUT2D eigenvalue weighted by Gasteiger charge is 2.49. The van der Waals surface area contributed by atoms with Crippen LogP contribution in [0.5, 0.6) is 0 Å². The summed E-state index contributed by atoms with van der Waals surface area (Å²) in [7, 11) is 1.72. The van der Waals surface area contributed by atoms with E-state index in [0.717, 1.165) is 16.5 Å². The van der Waals surface area contributed by atoms with Gasteiger partial charge in [-0.3, -0.25) is 4.79 Å². The fourth-order valence-electron chi connectivity index (χ4n) is 2.56. The molecule has 4 heteroatoms. The molecular weight excluding hydrogens is 306 g/mol. The minimum Gasteiger partial charge on any atom is -0.381 e. The van der Waals surface area contributed by atoms with E-state index in [1.165, 1.54) is 0 Å². The molecule has 104 valence electrons. The largest absolute Gasteiger partial charge is 0.381 e. The molecule has 2 unspecified atom stereocenters. The zero-order valence-electron chi connectivity index (χ0n) is 11.8. The van der Waals surface area contributed by atoms with E-state index in [1.807, 2.05) is 25.1 Å². The number of benzene rings is 1. The molecule has 1 aliphatic carbocycles. The molecule has 0 radical (unpaired) electrons. The molecule has 0 spiro atoms. The summed E-state index contributed by atoms with van der Waals surface area (Å²) < 4.78 is 6.42. The number of hydrogen-bond acceptors (Lipinski definition) is 2. The topological polar surface area (TPSA) is 38.3 Å². The summed E-state index contributed by atoms with van der Waals surface area (Å²) in [5.41, 5.74) is 1.77. The number of methoxy groups -OCH3 is 1. The number of nitrogens with one attached hydrogen (secondary N) is 1. The predicted molar refractivity (Wildman–Crippen MR) is 79.3 cm³/mol. The molecule has 0 aromatic heterocycles. The van der Waals surface area contributed by atoms with Crippen LogP contribution in [-0.2, 0) is 4.74 Å². The number of carbonyl (C=O) groups excluding carboxylic acids is 1. The van der Waals surface area contributed by atoms with Gasteiger partial charge in [0, 0.05) is 28.6 Å². The van der Waals surface area contributed by atoms with Crippen molar-refractivity contribution in [2.24, 2.45) is 5.41 Å². The Kier molecular flexibility index (Phi) is 4.02. The molecular formula is C15H20BrNO2. The van der Waals surface area contributed by atoms with Crippen LogP contribution in [0.4, 0.5) is 0 Å². The summed E-state index contributed by atoms with van der Waals surface area (Å²) in [4.78, 5) is 12.2. The summed E-state index contributed by atoms with van der Waals surface area (Å²) in [6, 6.07) is 5.83. The van der Waals surface area contributed by atoms with Crippen LogP contribution in [-0.4, -0.2) is 25.2 Å². The third-order valence-electron chi connectivity index (χ3n) is 4.19. The molecule has 0 aliphatic heterocycles. The van der Waals surface area contributed by atoms with E-state index in [2.05, 4.69) is 35.1 Å². The highest BCUT2D eigenvalue weighted by atomic mass is 79.9. The van der Waals surface area contributed by atoms with E-state index in [0.29, 0.717) is 5.56 Å². The molecule has 1 aromatic rings. The molecule has 0 heterocycles. The Morgan fingerprint density at radius 1 is 1.47 bits per heavy atom. The molecule has 2 atom stereocenters. The maximum Gasteiger partial charge on any atom is 0.251 e. The average molecular weight is 326 g/mol. The van der Waals surface area contributed by atoms with Gasteiger partial charge >= 0.3 is 0 Å². The number of rotatable bonds is 3. The van der Waals surface area contributed by atoms with Crippen molar-refractivity contribution in [2.75, 3.05) is 7.11 Å². The SMILES string of the molecule is COC1CC(NC(=O)c2ccc(Br)c(C)c2)C1(C)C. The first-order valence-corrected chi connectivity index (χ1v) is 7.25. The second-order valence-corrected chi connectivity index (χ2v) is 6.63. The van der Waals surface area contributed by atoms with Crippen LogP contribution < -0.4 is 5.32 Å². The van der Waals surface area contributed by atoms with Crippen LogP contribution in [0.1, 0.15) is 36.2 Å². The number of amides is 1. The third kappa shape index (κ3) is 2.70. The Balaban J connectivity index is 2.04. The number of hydrogen-bond donors (Lipinski definition) is 1. The van der Waals surface area contributed by atoms with Gasteiger partial charge in [0.2, 0.25) is 0 Å². The molecule has 1 N–H and O–H groups in total. The lowest BCUT2D eigenvalue weighted by Crippen LogP contribution is -2.61. The van der Waals surface area contributed by atoms with E-state index in [1.54, 1.807) is 7.11 Å². The van der Waals surface area contributed by atoms with E-state index < -0.39 is 0 Å². The lowest BCUT2D eigenvalue weighted by atomic mass is 9.64. The number of ether oxygens (including phenoxy) is 1. The molecule has 2 rings (SSSR count). The molecule has 3 nitrogen and oxygen atoms in total. The first kappa shape index (κ1) is 14.5. The zero-order valence-corrected chi connectivity index (χ0v) is 13.4. The smallest absolute Gasteiger partial charge is 0.251 e. The van der Waals surface area contributed by atoms with Gasteiger partial charge in [-0.25, -0.2) is 0 Å². The van der Waals surface area contributed by atoms with E-state index >= 15 is 0 Å². The van der Waals surface area contributed by atoms with Gasteiger partial charge < -0.3 is 10.1 Å². The third-order valence-corrected chi connectivity index (χ3v) is 5.08. The fourth-order valence-corrected chi connectivity index (χ4v) is 2.80. The molecule has 1 saturated carbocycles. The summed E-state index contributed by atoms with van der Waals surface area (Å²) in [6.07, 6.45) is 1.11. The maximum absolute atomic E-state index is 12.2. The maximum atomic E-state index is 12.2. The Hall–Kier alpha value is -0.870. The molecule has 0 bridgehead atoms. The molecule has 1 aromatic carbocycles. The van der Waals surface area contributed by atoms with Crippen molar-refractivity contribution in [3.63, 3.8) is 0 Å². The molecule has 1 amide bonds. The molecule has 19 heavy (non-hydrogen) atoms. The van der Waals surface area contributed by atoms with Gasteiger partial charge in [-0.1, -0.05) is 29.8 Å². The second-order valence-electron chi connectivity index (χ2n) is 5.77. The normalized spacial score (nSPS) is 24.7. The number of halogens is 1. The summed E-state index contributed by atoms with van der Waals surface area (Å²) >= 11 is 3.44. The first-order chi connectivity index (χ1) is 8.86. The van der Waals surface area contributed by atoms with Crippen LogP contribution in [0.3, 0.4) is 0 Å². The number of aryl methyl sites for hydroxylation is 1. The summed E-state index contributed by atoms with van der Waals surface area (Å²) in [5.74, 6) is -0.0109. The monoisotopic (exact) mass is 325 g/mol. The molecule has 1 aliphatic rings. The van der Waals surface area contributed by atoms with Gasteiger partial charge in [0.15, 0.2) is 0 Å². The highest BCUT2D eigenvalue weighted by Crippen LogP contribution is 2.42. The van der Waals surface area contributed by atoms with E-state index in [9.17, 15) is 4.79 Å². The van der Waals surface area contributed by atoms with Crippen LogP contribution in [0.25, 0.3) is 0 Å². The Morgan fingerprint density at radius 2 is 2.16 bits per heavy atom. The van der Waals surface area contributed by atoms with Crippen molar-refractivity contribution >= 4 is 21.8 Å². The Morgan fingerprint density at radius 3 is 2.68 bits per heavy atom. The quantitative estimate of drug-likeness (QED) is 0.925. The van der Waals surface area contributed by atoms with Gasteiger partial charge in [0.05, 0.1) is 6.10 Å². The molecule has 0 saturated heterocycles. The van der Waals surface area contributed by atoms with Crippen molar-refractivity contribution in [2.45, 2.75) is 39.3 Å². The van der Waals surface area contributed by atoms with Crippen molar-refractivity contribution < 1.29 is 9.53 Å². The van der Waals surface area contributed by atoms with Crippen molar-refractivity contribution in [1.82, 2.24) is 5.32 Å². The lowest BCUT2D eigenvalue weighted by Gasteiger charge is -2.51. The van der Waals surface area contributed by atoms with Crippen LogP contribution in [0.15, 0.2) is 22.7 Å². The average Bonchev–Trinajstić information content (AvgIpc) is 2.36. The number of carbonyl (C=O) groups is 1. The standard InChI is InChI=1S/C15H20BrNO2/c1-9-7-10(5-6-11(9)16)14(18)17-12-8-13(19-4)15(12,2)3/h5-7,12-13H,8H2,1-4H3,(H,17,18). The predicted octanol–water partition coefficient (Wildman–Crippen LogP) is 3.30. The minimum atomic E-state index is -0.0109. The summed E-state index contributed by atoms with van der Waals surface area (Å²) in [5, 5.41) is 3.10. The van der Waals surface area contributed by atoms with Crippen molar-refractivity contribution in [3.05, 3.63) is 33.8 Å². The van der Waals surface area contributed by atoms with Crippen molar-refractivity contribution in [3.8, 4) is 0 Å². The Labute approximate surface area is 122 Å². The van der Waals surface area contributed by atoms with Crippen LogP contribution in [0, 0.1) is 12.3 Å². The van der Waals surface area contributed by atoms with Gasteiger partial charge in [0.25, 0.3) is 5.91 Å². The van der Waals surface area contributed by atoms with Gasteiger partial charge in [-0.15, -0.1) is 0 Å². The fraction of sp³-hybridized carbons (Fsp3) is 0.533. The van der Waals surface area contributed by atoms with Crippen LogP contribution >= 0.6 is 15.9 Å². The van der Waals surface area contributed by atoms with Gasteiger partial charge in [-0.2, -0.15) is 0 Å². The first-order valence-electron chi connectivity index (χ1n) is 6.46. The van der Waals surface area contributed by atoms with Crippen molar-refractivity contribution in [1.29, 1.82) is 0 Å². The molecule has 1 fully saturated rings. The van der Waals surface area contributed by atoms with Gasteiger partial charge in [0.1, 0.15) is 0 Å². The Bertz CT molecular complexity index is 499. The minimum absolute atomic E-state index is 0.00514. The second kappa shape index (κ2) is 5.25.